The number of benzene rings is 1. The first-order chi connectivity index (χ1) is 16.9. The van der Waals surface area contributed by atoms with E-state index in [9.17, 15) is 27.2 Å². The Balaban J connectivity index is 0.000000454. The number of hydrogen-bond donors (Lipinski definition) is 3. The van der Waals surface area contributed by atoms with Crippen LogP contribution in [0.1, 0.15) is 32.9 Å². The highest BCUT2D eigenvalue weighted by molar-refractivity contribution is 6.04. The van der Waals surface area contributed by atoms with Gasteiger partial charge in [0.05, 0.1) is 6.54 Å². The topological polar surface area (TPSA) is 120 Å². The van der Waals surface area contributed by atoms with Crippen LogP contribution in [0, 0.1) is 12.7 Å². The standard InChI is InChI=1S/C21H22FN5O2.C2HF3O2/c1-13-5-4-9-27(21(13)29)12-14-16(22)6-3-7-17(14)23-20(28)19-15-11-26(2)10-8-18(15)24-25-19;3-2(4,5)1(6)7/h3-7,9H,8,10-12H2,1-2H3,(H,23,28)(H,24,25);(H,6,7). The highest BCUT2D eigenvalue weighted by Crippen LogP contribution is 2.23. The van der Waals surface area contributed by atoms with E-state index in [1.165, 1.54) is 16.7 Å². The number of anilines is 1. The maximum atomic E-state index is 14.6. The number of amides is 1. The molecule has 1 aliphatic rings. The molecule has 3 aromatic rings. The Labute approximate surface area is 202 Å². The number of aromatic nitrogens is 3. The summed E-state index contributed by atoms with van der Waals surface area (Å²) in [5, 5.41) is 17.0. The first-order valence-corrected chi connectivity index (χ1v) is 10.7. The van der Waals surface area contributed by atoms with Crippen LogP contribution < -0.4 is 10.9 Å². The summed E-state index contributed by atoms with van der Waals surface area (Å²) >= 11 is 0. The number of aliphatic carboxylic acids is 1. The molecule has 0 aliphatic carbocycles. The molecular formula is C23H23F4N5O4. The molecule has 0 atom stereocenters. The highest BCUT2D eigenvalue weighted by atomic mass is 19.4. The van der Waals surface area contributed by atoms with E-state index in [1.54, 1.807) is 31.3 Å². The molecule has 1 aliphatic heterocycles. The van der Waals surface area contributed by atoms with Crippen molar-refractivity contribution in [3.05, 3.63) is 80.8 Å². The van der Waals surface area contributed by atoms with Gasteiger partial charge in [-0.15, -0.1) is 0 Å². The average Bonchev–Trinajstić information content (AvgIpc) is 3.22. The number of aryl methyl sites for hydroxylation is 1. The number of alkyl halides is 3. The minimum Gasteiger partial charge on any atom is -0.475 e. The summed E-state index contributed by atoms with van der Waals surface area (Å²) in [6.07, 6.45) is -2.68. The molecule has 9 nitrogen and oxygen atoms in total. The Hall–Kier alpha value is -4.00. The molecule has 0 saturated carbocycles. The zero-order valence-corrected chi connectivity index (χ0v) is 19.3. The number of likely N-dealkylation sites (N-methyl/N-ethyl adjacent to an activating group) is 1. The van der Waals surface area contributed by atoms with Crippen molar-refractivity contribution in [1.29, 1.82) is 0 Å². The number of aromatic amines is 1. The molecule has 192 valence electrons. The number of carboxylic acids is 1. The molecule has 3 heterocycles. The molecule has 3 N–H and O–H groups in total. The van der Waals surface area contributed by atoms with Crippen molar-refractivity contribution in [1.82, 2.24) is 19.7 Å². The Bertz CT molecular complexity index is 1330. The second kappa shape index (κ2) is 10.7. The van der Waals surface area contributed by atoms with Gasteiger partial charge in [-0.05, 0) is 32.2 Å². The van der Waals surface area contributed by atoms with Crippen molar-refractivity contribution in [3.63, 3.8) is 0 Å². The number of carbonyl (C=O) groups is 2. The molecule has 36 heavy (non-hydrogen) atoms. The molecule has 1 aromatic carbocycles. The van der Waals surface area contributed by atoms with Crippen LogP contribution in [0.5, 0.6) is 0 Å². The predicted octanol–water partition coefficient (Wildman–Crippen LogP) is 2.94. The summed E-state index contributed by atoms with van der Waals surface area (Å²) in [5.41, 5.74) is 3.08. The first-order valence-electron chi connectivity index (χ1n) is 10.7. The van der Waals surface area contributed by atoms with Crippen molar-refractivity contribution in [2.75, 3.05) is 18.9 Å². The average molecular weight is 509 g/mol. The van der Waals surface area contributed by atoms with E-state index in [2.05, 4.69) is 20.4 Å². The molecule has 0 fully saturated rings. The van der Waals surface area contributed by atoms with Gasteiger partial charge in [0.15, 0.2) is 5.69 Å². The second-order valence-electron chi connectivity index (χ2n) is 8.16. The van der Waals surface area contributed by atoms with Gasteiger partial charge in [0, 0.05) is 53.8 Å². The van der Waals surface area contributed by atoms with E-state index < -0.39 is 23.9 Å². The second-order valence-corrected chi connectivity index (χ2v) is 8.16. The first kappa shape index (κ1) is 26.6. The van der Waals surface area contributed by atoms with Crippen molar-refractivity contribution < 1.29 is 32.3 Å². The lowest BCUT2D eigenvalue weighted by Crippen LogP contribution is -2.28. The molecule has 0 spiro atoms. The van der Waals surface area contributed by atoms with E-state index in [0.717, 1.165) is 24.2 Å². The smallest absolute Gasteiger partial charge is 0.475 e. The summed E-state index contributed by atoms with van der Waals surface area (Å²) in [6.45, 7) is 3.25. The molecule has 0 saturated heterocycles. The number of halogens is 4. The Morgan fingerprint density at radius 3 is 2.58 bits per heavy atom. The maximum Gasteiger partial charge on any atom is 0.490 e. The van der Waals surface area contributed by atoms with Gasteiger partial charge in [-0.2, -0.15) is 18.3 Å². The minimum absolute atomic E-state index is 0.0181. The number of carbonyl (C=O) groups excluding carboxylic acids is 1. The molecular weight excluding hydrogens is 486 g/mol. The van der Waals surface area contributed by atoms with E-state index in [4.69, 9.17) is 9.90 Å². The fourth-order valence-electron chi connectivity index (χ4n) is 3.59. The summed E-state index contributed by atoms with van der Waals surface area (Å²) in [7, 11) is 1.99. The van der Waals surface area contributed by atoms with E-state index in [-0.39, 0.29) is 17.7 Å². The Morgan fingerprint density at radius 2 is 1.92 bits per heavy atom. The maximum absolute atomic E-state index is 14.6. The number of nitrogens with zero attached hydrogens (tertiary/aromatic N) is 3. The highest BCUT2D eigenvalue weighted by Gasteiger charge is 2.38. The van der Waals surface area contributed by atoms with Gasteiger partial charge in [0.25, 0.3) is 11.5 Å². The van der Waals surface area contributed by atoms with Crippen LogP contribution in [0.4, 0.5) is 23.2 Å². The van der Waals surface area contributed by atoms with Gasteiger partial charge in [-0.1, -0.05) is 12.1 Å². The van der Waals surface area contributed by atoms with Crippen LogP contribution in [-0.4, -0.2) is 56.4 Å². The van der Waals surface area contributed by atoms with Crippen molar-refractivity contribution in [3.8, 4) is 0 Å². The molecule has 0 unspecified atom stereocenters. The van der Waals surface area contributed by atoms with Crippen LogP contribution in [-0.2, 0) is 24.3 Å². The van der Waals surface area contributed by atoms with Crippen LogP contribution >= 0.6 is 0 Å². The molecule has 2 aromatic heterocycles. The van der Waals surface area contributed by atoms with Crippen molar-refractivity contribution in [2.24, 2.45) is 0 Å². The molecule has 0 radical (unpaired) electrons. The van der Waals surface area contributed by atoms with Gasteiger partial charge in [-0.25, -0.2) is 9.18 Å². The third-order valence-corrected chi connectivity index (χ3v) is 5.49. The predicted molar refractivity (Wildman–Crippen MR) is 121 cm³/mol. The quantitative estimate of drug-likeness (QED) is 0.466. The lowest BCUT2D eigenvalue weighted by Gasteiger charge is -2.22. The SMILES string of the molecule is Cc1cccn(Cc2c(F)cccc2NC(=O)c2n[nH]c3c2CN(C)CC3)c1=O.O=C(O)C(F)(F)F. The Morgan fingerprint density at radius 1 is 1.22 bits per heavy atom. The fraction of sp³-hybridized carbons (Fsp3) is 0.304. The van der Waals surface area contributed by atoms with E-state index in [1.807, 2.05) is 7.05 Å². The van der Waals surface area contributed by atoms with E-state index >= 15 is 0 Å². The number of pyridine rings is 1. The third kappa shape index (κ3) is 6.16. The number of rotatable bonds is 4. The number of carboxylic acid groups (broad SMARTS) is 1. The monoisotopic (exact) mass is 509 g/mol. The normalized spacial score (nSPS) is 13.4. The number of H-pyrrole nitrogens is 1. The molecule has 4 rings (SSSR count). The van der Waals surface area contributed by atoms with E-state index in [0.29, 0.717) is 23.5 Å². The number of nitrogens with one attached hydrogen (secondary N) is 2. The molecule has 13 heteroatoms. The van der Waals surface area contributed by atoms with Gasteiger partial charge >= 0.3 is 12.1 Å². The number of fused-ring (bicyclic) bond motifs is 1. The van der Waals surface area contributed by atoms with Gasteiger partial charge in [-0.3, -0.25) is 14.7 Å². The van der Waals surface area contributed by atoms with Crippen LogP contribution in [0.15, 0.2) is 41.3 Å². The third-order valence-electron chi connectivity index (χ3n) is 5.49. The van der Waals surface area contributed by atoms with Gasteiger partial charge in [0.1, 0.15) is 5.82 Å². The lowest BCUT2D eigenvalue weighted by molar-refractivity contribution is -0.192. The van der Waals surface area contributed by atoms with Crippen LogP contribution in [0.25, 0.3) is 0 Å². The Kier molecular flexibility index (Phi) is 7.93. The molecule has 0 bridgehead atoms. The zero-order valence-electron chi connectivity index (χ0n) is 19.3. The zero-order chi connectivity index (χ0) is 26.6. The van der Waals surface area contributed by atoms with Gasteiger partial charge in [0.2, 0.25) is 0 Å². The summed E-state index contributed by atoms with van der Waals surface area (Å²) in [5.74, 6) is -3.64. The van der Waals surface area contributed by atoms with Gasteiger partial charge < -0.3 is 19.9 Å². The minimum atomic E-state index is -5.08. The lowest BCUT2D eigenvalue weighted by atomic mass is 10.1. The van der Waals surface area contributed by atoms with Crippen molar-refractivity contribution >= 4 is 17.6 Å². The summed E-state index contributed by atoms with van der Waals surface area (Å²) in [4.78, 5) is 36.2. The van der Waals surface area contributed by atoms with Crippen LogP contribution in [0.3, 0.4) is 0 Å². The fourth-order valence-corrected chi connectivity index (χ4v) is 3.59. The van der Waals surface area contributed by atoms with Crippen LogP contribution in [0.2, 0.25) is 0 Å². The summed E-state index contributed by atoms with van der Waals surface area (Å²) < 4.78 is 47.8. The molecule has 1 amide bonds. The largest absolute Gasteiger partial charge is 0.490 e. The summed E-state index contributed by atoms with van der Waals surface area (Å²) in [6, 6.07) is 7.92. The number of hydrogen-bond acceptors (Lipinski definition) is 5. The van der Waals surface area contributed by atoms with Crippen molar-refractivity contribution in [2.45, 2.75) is 32.6 Å².